The summed E-state index contributed by atoms with van der Waals surface area (Å²) in [6.45, 7) is 3.51. The van der Waals surface area contributed by atoms with Crippen LogP contribution in [0, 0.1) is 0 Å². The maximum Gasteiger partial charge on any atom is 0.318 e. The highest BCUT2D eigenvalue weighted by Gasteiger charge is 2.29. The zero-order valence-electron chi connectivity index (χ0n) is 11.7. The summed E-state index contributed by atoms with van der Waals surface area (Å²) in [5.74, 6) is -0.391. The van der Waals surface area contributed by atoms with Crippen LogP contribution in [-0.4, -0.2) is 42.6 Å². The molecule has 1 fully saturated rings. The van der Waals surface area contributed by atoms with E-state index in [0.29, 0.717) is 19.7 Å². The summed E-state index contributed by atoms with van der Waals surface area (Å²) in [6, 6.07) is 6.63. The Kier molecular flexibility index (Phi) is 5.33. The first-order chi connectivity index (χ1) is 9.97. The summed E-state index contributed by atoms with van der Waals surface area (Å²) in [5.41, 5.74) is 6.03. The molecule has 2 atom stereocenters. The van der Waals surface area contributed by atoms with Gasteiger partial charge in [-0.1, -0.05) is 28.1 Å². The second kappa shape index (κ2) is 7.02. The van der Waals surface area contributed by atoms with Crippen molar-refractivity contribution in [1.82, 2.24) is 10.2 Å². The first-order valence-electron chi connectivity index (χ1n) is 6.69. The van der Waals surface area contributed by atoms with Crippen LogP contribution < -0.4 is 11.1 Å². The lowest BCUT2D eigenvalue weighted by Gasteiger charge is -2.36. The van der Waals surface area contributed by atoms with Crippen molar-refractivity contribution >= 4 is 27.9 Å². The average molecular weight is 356 g/mol. The smallest absolute Gasteiger partial charge is 0.318 e. The number of nitrogens with two attached hydrogens (primary N) is 1. The number of amides is 3. The molecule has 0 bridgehead atoms. The van der Waals surface area contributed by atoms with Crippen molar-refractivity contribution < 1.29 is 14.3 Å². The Hall–Kier alpha value is -1.44. The Bertz CT molecular complexity index is 538. The number of carbonyl (C=O) groups excluding carboxylic acids is 2. The highest BCUT2D eigenvalue weighted by molar-refractivity contribution is 9.10. The van der Waals surface area contributed by atoms with Crippen molar-refractivity contribution in [2.45, 2.75) is 19.1 Å². The van der Waals surface area contributed by atoms with Gasteiger partial charge >= 0.3 is 6.03 Å². The number of nitrogens with one attached hydrogen (secondary N) is 1. The third-order valence-corrected chi connectivity index (χ3v) is 3.99. The Morgan fingerprint density at radius 3 is 2.95 bits per heavy atom. The fourth-order valence-electron chi connectivity index (χ4n) is 2.32. The molecule has 0 aliphatic carbocycles. The van der Waals surface area contributed by atoms with Crippen molar-refractivity contribution in [1.29, 1.82) is 0 Å². The molecule has 7 heteroatoms. The standard InChI is InChI=1S/C14H18BrN3O3/c1-9(13(19)17-14(16)20)18-5-6-21-12(8-18)10-3-2-4-11(15)7-10/h2-4,7,9,12H,5-6,8H2,1H3,(H3,16,17,19,20)/t9-,12-/m1/s1. The van der Waals surface area contributed by atoms with Crippen LogP contribution in [0.1, 0.15) is 18.6 Å². The van der Waals surface area contributed by atoms with Gasteiger partial charge in [-0.05, 0) is 24.6 Å². The SMILES string of the molecule is C[C@H](C(=O)NC(N)=O)N1CCO[C@@H](c2cccc(Br)c2)C1. The maximum absolute atomic E-state index is 11.8. The number of benzene rings is 1. The van der Waals surface area contributed by atoms with Crippen LogP contribution in [0.25, 0.3) is 0 Å². The minimum atomic E-state index is -0.830. The molecular formula is C14H18BrN3O3. The highest BCUT2D eigenvalue weighted by Crippen LogP contribution is 2.25. The van der Waals surface area contributed by atoms with Crippen molar-refractivity contribution in [3.63, 3.8) is 0 Å². The summed E-state index contributed by atoms with van der Waals surface area (Å²) in [6.07, 6.45) is -0.0971. The van der Waals surface area contributed by atoms with E-state index in [1.54, 1.807) is 6.92 Å². The molecule has 21 heavy (non-hydrogen) atoms. The lowest BCUT2D eigenvalue weighted by molar-refractivity contribution is -0.128. The van der Waals surface area contributed by atoms with Gasteiger partial charge in [0.25, 0.3) is 0 Å². The van der Waals surface area contributed by atoms with Crippen molar-refractivity contribution in [3.8, 4) is 0 Å². The van der Waals surface area contributed by atoms with Crippen LogP contribution in [0.15, 0.2) is 28.7 Å². The molecule has 6 nitrogen and oxygen atoms in total. The number of primary amides is 1. The number of morpholine rings is 1. The van der Waals surface area contributed by atoms with Gasteiger partial charge in [-0.25, -0.2) is 4.79 Å². The van der Waals surface area contributed by atoms with Crippen LogP contribution in [0.3, 0.4) is 0 Å². The van der Waals surface area contributed by atoms with Gasteiger partial charge in [0.15, 0.2) is 0 Å². The van der Waals surface area contributed by atoms with Crippen LogP contribution in [0.5, 0.6) is 0 Å². The highest BCUT2D eigenvalue weighted by atomic mass is 79.9. The Morgan fingerprint density at radius 1 is 1.52 bits per heavy atom. The lowest BCUT2D eigenvalue weighted by atomic mass is 10.1. The predicted molar refractivity (Wildman–Crippen MR) is 81.6 cm³/mol. The fourth-order valence-corrected chi connectivity index (χ4v) is 2.74. The quantitative estimate of drug-likeness (QED) is 0.858. The zero-order chi connectivity index (χ0) is 15.4. The Balaban J connectivity index is 2.03. The Labute approximate surface area is 131 Å². The molecule has 0 radical (unpaired) electrons. The van der Waals surface area contributed by atoms with E-state index >= 15 is 0 Å². The van der Waals surface area contributed by atoms with Crippen LogP contribution >= 0.6 is 15.9 Å². The van der Waals surface area contributed by atoms with E-state index in [1.165, 1.54) is 0 Å². The normalized spacial score (nSPS) is 20.8. The Morgan fingerprint density at radius 2 is 2.29 bits per heavy atom. The molecule has 1 heterocycles. The number of nitrogens with zero attached hydrogens (tertiary/aromatic N) is 1. The predicted octanol–water partition coefficient (Wildman–Crippen LogP) is 1.41. The topological polar surface area (TPSA) is 84.7 Å². The van der Waals surface area contributed by atoms with Gasteiger partial charge in [-0.2, -0.15) is 0 Å². The van der Waals surface area contributed by atoms with Gasteiger partial charge in [0.05, 0.1) is 18.8 Å². The molecule has 0 spiro atoms. The van der Waals surface area contributed by atoms with Gasteiger partial charge in [0.2, 0.25) is 5.91 Å². The molecule has 3 amide bonds. The summed E-state index contributed by atoms with van der Waals surface area (Å²) in [7, 11) is 0. The second-order valence-electron chi connectivity index (χ2n) is 4.94. The fraction of sp³-hybridized carbons (Fsp3) is 0.429. The van der Waals surface area contributed by atoms with E-state index in [2.05, 4.69) is 21.2 Å². The number of imide groups is 1. The number of carbonyl (C=O) groups is 2. The summed E-state index contributed by atoms with van der Waals surface area (Å²) < 4.78 is 6.76. The molecule has 0 saturated carbocycles. The zero-order valence-corrected chi connectivity index (χ0v) is 13.3. The molecule has 0 aromatic heterocycles. The van der Waals surface area contributed by atoms with E-state index in [0.717, 1.165) is 10.0 Å². The third-order valence-electron chi connectivity index (χ3n) is 3.49. The molecule has 2 rings (SSSR count). The van der Waals surface area contributed by atoms with E-state index in [-0.39, 0.29) is 6.10 Å². The minimum Gasteiger partial charge on any atom is -0.371 e. The van der Waals surface area contributed by atoms with Gasteiger partial charge in [0, 0.05) is 17.6 Å². The van der Waals surface area contributed by atoms with Crippen molar-refractivity contribution in [2.24, 2.45) is 5.73 Å². The lowest BCUT2D eigenvalue weighted by Crippen LogP contribution is -2.52. The summed E-state index contributed by atoms with van der Waals surface area (Å²) >= 11 is 3.44. The van der Waals surface area contributed by atoms with Crippen molar-refractivity contribution in [3.05, 3.63) is 34.3 Å². The average Bonchev–Trinajstić information content (AvgIpc) is 2.46. The number of ether oxygens (including phenoxy) is 1. The molecule has 1 aromatic carbocycles. The molecule has 1 aliphatic heterocycles. The molecule has 3 N–H and O–H groups in total. The molecule has 1 saturated heterocycles. The van der Waals surface area contributed by atoms with Crippen LogP contribution in [0.2, 0.25) is 0 Å². The maximum atomic E-state index is 11.8. The number of urea groups is 1. The monoisotopic (exact) mass is 355 g/mol. The number of halogens is 1. The van der Waals surface area contributed by atoms with Crippen LogP contribution in [0.4, 0.5) is 4.79 Å². The molecular weight excluding hydrogens is 338 g/mol. The third kappa shape index (κ3) is 4.26. The van der Waals surface area contributed by atoms with E-state index in [1.807, 2.05) is 29.2 Å². The number of hydrogen-bond donors (Lipinski definition) is 2. The van der Waals surface area contributed by atoms with E-state index in [4.69, 9.17) is 10.5 Å². The van der Waals surface area contributed by atoms with E-state index < -0.39 is 18.0 Å². The molecule has 1 aromatic rings. The minimum absolute atomic E-state index is 0.0971. The van der Waals surface area contributed by atoms with Crippen molar-refractivity contribution in [2.75, 3.05) is 19.7 Å². The second-order valence-corrected chi connectivity index (χ2v) is 5.85. The first kappa shape index (κ1) is 15.9. The van der Waals surface area contributed by atoms with Gasteiger partial charge in [0.1, 0.15) is 0 Å². The largest absolute Gasteiger partial charge is 0.371 e. The summed E-state index contributed by atoms with van der Waals surface area (Å²) in [5, 5.41) is 2.11. The molecule has 0 unspecified atom stereocenters. The molecule has 1 aliphatic rings. The van der Waals surface area contributed by atoms with Gasteiger partial charge in [-0.3, -0.25) is 15.0 Å². The van der Waals surface area contributed by atoms with Crippen LogP contribution in [-0.2, 0) is 9.53 Å². The number of rotatable bonds is 3. The number of hydrogen-bond acceptors (Lipinski definition) is 4. The molecule has 114 valence electrons. The summed E-state index contributed by atoms with van der Waals surface area (Å²) in [4.78, 5) is 24.6. The first-order valence-corrected chi connectivity index (χ1v) is 7.48. The van der Waals surface area contributed by atoms with E-state index in [9.17, 15) is 9.59 Å². The van der Waals surface area contributed by atoms with Gasteiger partial charge < -0.3 is 10.5 Å². The van der Waals surface area contributed by atoms with Gasteiger partial charge in [-0.15, -0.1) is 0 Å².